The molecule has 5 nitrogen and oxygen atoms in total. The maximum absolute atomic E-state index is 12.2. The standard InChI is InChI=1S/C17H17F3N4O/c1-10-6-7-23-16(14(10)15(21)11-8-22-9-11)24-12-2-4-13(5-3-12)25-17(18,19)20/h2-7,11,21-22H,8-9H2,1H3,(H,23,24). The molecule has 0 atom stereocenters. The zero-order valence-electron chi connectivity index (χ0n) is 13.4. The second-order valence-electron chi connectivity index (χ2n) is 5.82. The lowest BCUT2D eigenvalue weighted by Gasteiger charge is -2.29. The van der Waals surface area contributed by atoms with Gasteiger partial charge < -0.3 is 20.8 Å². The first kappa shape index (κ1) is 17.2. The summed E-state index contributed by atoms with van der Waals surface area (Å²) in [6.07, 6.45) is -3.08. The number of alkyl halides is 3. The molecule has 3 N–H and O–H groups in total. The smallest absolute Gasteiger partial charge is 0.406 e. The van der Waals surface area contributed by atoms with Gasteiger partial charge in [0.05, 0.1) is 0 Å². The van der Waals surface area contributed by atoms with E-state index in [1.54, 1.807) is 6.20 Å². The van der Waals surface area contributed by atoms with Crippen LogP contribution in [-0.4, -0.2) is 30.1 Å². The van der Waals surface area contributed by atoms with Gasteiger partial charge in [-0.25, -0.2) is 4.98 Å². The summed E-state index contributed by atoms with van der Waals surface area (Å²) in [6.45, 7) is 3.43. The van der Waals surface area contributed by atoms with E-state index < -0.39 is 6.36 Å². The SMILES string of the molecule is Cc1ccnc(Nc2ccc(OC(F)(F)F)cc2)c1C(=N)C1CNC1. The molecule has 0 saturated carbocycles. The lowest BCUT2D eigenvalue weighted by molar-refractivity contribution is -0.274. The molecular weight excluding hydrogens is 333 g/mol. The van der Waals surface area contributed by atoms with E-state index in [9.17, 15) is 13.2 Å². The Morgan fingerprint density at radius 2 is 1.92 bits per heavy atom. The Morgan fingerprint density at radius 1 is 1.24 bits per heavy atom. The Kier molecular flexibility index (Phi) is 4.63. The molecule has 0 spiro atoms. The molecule has 1 aliphatic heterocycles. The summed E-state index contributed by atoms with van der Waals surface area (Å²) in [5, 5.41) is 14.6. The van der Waals surface area contributed by atoms with Crippen LogP contribution in [0.5, 0.6) is 5.75 Å². The van der Waals surface area contributed by atoms with E-state index >= 15 is 0 Å². The number of nitrogens with zero attached hydrogens (tertiary/aromatic N) is 1. The number of ether oxygens (including phenoxy) is 1. The van der Waals surface area contributed by atoms with Crippen LogP contribution < -0.4 is 15.4 Å². The lowest BCUT2D eigenvalue weighted by Crippen LogP contribution is -2.46. The van der Waals surface area contributed by atoms with Crippen LogP contribution in [0.3, 0.4) is 0 Å². The number of aromatic nitrogens is 1. The van der Waals surface area contributed by atoms with Gasteiger partial charge in [-0.3, -0.25) is 0 Å². The third-order valence-electron chi connectivity index (χ3n) is 3.97. The molecule has 2 aromatic rings. The van der Waals surface area contributed by atoms with Crippen molar-refractivity contribution in [2.24, 2.45) is 5.92 Å². The largest absolute Gasteiger partial charge is 0.573 e. The highest BCUT2D eigenvalue weighted by Gasteiger charge is 2.31. The molecule has 1 fully saturated rings. The Balaban J connectivity index is 1.81. The fourth-order valence-corrected chi connectivity index (χ4v) is 2.57. The number of pyridine rings is 1. The fraction of sp³-hybridized carbons (Fsp3) is 0.294. The van der Waals surface area contributed by atoms with Gasteiger partial charge in [0.25, 0.3) is 0 Å². The summed E-state index contributed by atoms with van der Waals surface area (Å²) < 4.78 is 40.5. The number of aryl methyl sites for hydroxylation is 1. The van der Waals surface area contributed by atoms with Crippen molar-refractivity contribution < 1.29 is 17.9 Å². The summed E-state index contributed by atoms with van der Waals surface area (Å²) in [5.74, 6) is 0.371. The van der Waals surface area contributed by atoms with E-state index in [0.29, 0.717) is 17.2 Å². The molecule has 3 rings (SSSR count). The van der Waals surface area contributed by atoms with Gasteiger partial charge in [0.1, 0.15) is 11.6 Å². The minimum atomic E-state index is -4.72. The monoisotopic (exact) mass is 350 g/mol. The van der Waals surface area contributed by atoms with Gasteiger partial charge in [0.15, 0.2) is 0 Å². The van der Waals surface area contributed by atoms with Crippen LogP contribution in [0.15, 0.2) is 36.5 Å². The van der Waals surface area contributed by atoms with Gasteiger partial charge in [-0.2, -0.15) is 0 Å². The van der Waals surface area contributed by atoms with E-state index in [4.69, 9.17) is 5.41 Å². The van der Waals surface area contributed by atoms with E-state index in [1.165, 1.54) is 24.3 Å². The quantitative estimate of drug-likeness (QED) is 0.721. The predicted molar refractivity (Wildman–Crippen MR) is 88.6 cm³/mol. The third-order valence-corrected chi connectivity index (χ3v) is 3.97. The molecular formula is C17H17F3N4O. The molecule has 8 heteroatoms. The minimum absolute atomic E-state index is 0.144. The predicted octanol–water partition coefficient (Wildman–Crippen LogP) is 3.62. The van der Waals surface area contributed by atoms with Crippen molar-refractivity contribution in [2.75, 3.05) is 18.4 Å². The summed E-state index contributed by atoms with van der Waals surface area (Å²) >= 11 is 0. The van der Waals surface area contributed by atoms with Gasteiger partial charge in [-0.05, 0) is 42.8 Å². The van der Waals surface area contributed by atoms with Crippen LogP contribution >= 0.6 is 0 Å². The van der Waals surface area contributed by atoms with Crippen LogP contribution in [0.1, 0.15) is 11.1 Å². The van der Waals surface area contributed by atoms with Gasteiger partial charge in [-0.15, -0.1) is 13.2 Å². The minimum Gasteiger partial charge on any atom is -0.406 e. The molecule has 0 radical (unpaired) electrons. The number of hydrogen-bond donors (Lipinski definition) is 3. The average molecular weight is 350 g/mol. The van der Waals surface area contributed by atoms with Crippen molar-refractivity contribution in [1.29, 1.82) is 5.41 Å². The molecule has 0 bridgehead atoms. The van der Waals surface area contributed by atoms with Crippen LogP contribution in [0.4, 0.5) is 24.7 Å². The molecule has 0 aliphatic carbocycles. The average Bonchev–Trinajstić information content (AvgIpc) is 2.46. The summed E-state index contributed by atoms with van der Waals surface area (Å²) in [5.41, 5.74) is 2.72. The van der Waals surface area contributed by atoms with Gasteiger partial charge in [0, 0.05) is 42.2 Å². The molecule has 25 heavy (non-hydrogen) atoms. The molecule has 1 saturated heterocycles. The highest BCUT2D eigenvalue weighted by atomic mass is 19.4. The van der Waals surface area contributed by atoms with Gasteiger partial charge >= 0.3 is 6.36 Å². The first-order valence-corrected chi connectivity index (χ1v) is 7.71. The maximum Gasteiger partial charge on any atom is 0.573 e. The normalized spacial score (nSPS) is 14.7. The van der Waals surface area contributed by atoms with E-state index in [1.807, 2.05) is 13.0 Å². The zero-order chi connectivity index (χ0) is 18.0. The fourth-order valence-electron chi connectivity index (χ4n) is 2.57. The van der Waals surface area contributed by atoms with Crippen LogP contribution in [0.25, 0.3) is 0 Å². The van der Waals surface area contributed by atoms with Crippen molar-refractivity contribution in [3.05, 3.63) is 47.7 Å². The zero-order valence-corrected chi connectivity index (χ0v) is 13.4. The van der Waals surface area contributed by atoms with Gasteiger partial charge in [-0.1, -0.05) is 0 Å². The number of hydrogen-bond acceptors (Lipinski definition) is 5. The molecule has 132 valence electrons. The lowest BCUT2D eigenvalue weighted by atomic mass is 9.90. The Morgan fingerprint density at radius 3 is 2.48 bits per heavy atom. The second-order valence-corrected chi connectivity index (χ2v) is 5.82. The first-order valence-electron chi connectivity index (χ1n) is 7.71. The molecule has 1 aromatic carbocycles. The molecule has 2 heterocycles. The van der Waals surface area contributed by atoms with Crippen LogP contribution in [-0.2, 0) is 0 Å². The van der Waals surface area contributed by atoms with Crippen molar-refractivity contribution >= 4 is 17.2 Å². The molecule has 0 amide bonds. The summed E-state index contributed by atoms with van der Waals surface area (Å²) in [6, 6.07) is 7.24. The number of rotatable bonds is 5. The first-order chi connectivity index (χ1) is 11.8. The topological polar surface area (TPSA) is 70.0 Å². The second kappa shape index (κ2) is 6.72. The van der Waals surface area contributed by atoms with Crippen molar-refractivity contribution in [3.8, 4) is 5.75 Å². The molecule has 0 unspecified atom stereocenters. The number of benzene rings is 1. The highest BCUT2D eigenvalue weighted by molar-refractivity contribution is 6.06. The summed E-state index contributed by atoms with van der Waals surface area (Å²) in [7, 11) is 0. The van der Waals surface area contributed by atoms with Crippen molar-refractivity contribution in [2.45, 2.75) is 13.3 Å². The van der Waals surface area contributed by atoms with E-state index in [-0.39, 0.29) is 11.7 Å². The number of halogens is 3. The number of anilines is 2. The summed E-state index contributed by atoms with van der Waals surface area (Å²) in [4.78, 5) is 4.29. The van der Waals surface area contributed by atoms with E-state index in [2.05, 4.69) is 20.4 Å². The third kappa shape index (κ3) is 4.08. The van der Waals surface area contributed by atoms with Crippen molar-refractivity contribution in [1.82, 2.24) is 10.3 Å². The van der Waals surface area contributed by atoms with Crippen molar-refractivity contribution in [3.63, 3.8) is 0 Å². The Labute approximate surface area is 142 Å². The molecule has 1 aliphatic rings. The maximum atomic E-state index is 12.2. The highest BCUT2D eigenvalue weighted by Crippen LogP contribution is 2.28. The van der Waals surface area contributed by atoms with Crippen LogP contribution in [0.2, 0.25) is 0 Å². The Bertz CT molecular complexity index is 770. The van der Waals surface area contributed by atoms with E-state index in [0.717, 1.165) is 24.2 Å². The Hall–Kier alpha value is -2.61. The van der Waals surface area contributed by atoms with Gasteiger partial charge in [0.2, 0.25) is 0 Å². The number of nitrogens with one attached hydrogen (secondary N) is 3. The van der Waals surface area contributed by atoms with Crippen LogP contribution in [0, 0.1) is 18.3 Å². The molecule has 1 aromatic heterocycles.